The summed E-state index contributed by atoms with van der Waals surface area (Å²) in [4.78, 5) is 2.09. The molecule has 0 atom stereocenters. The van der Waals surface area contributed by atoms with Crippen LogP contribution in [0.5, 0.6) is 0 Å². The van der Waals surface area contributed by atoms with Crippen LogP contribution in [0.4, 0.5) is 5.69 Å². The average Bonchev–Trinajstić information content (AvgIpc) is 2.29. The Balaban J connectivity index is 0.00000324. The van der Waals surface area contributed by atoms with E-state index in [2.05, 4.69) is 20.7 Å². The second-order valence-corrected chi connectivity index (χ2v) is 6.64. The van der Waals surface area contributed by atoms with E-state index in [1.54, 1.807) is 12.1 Å². The van der Waals surface area contributed by atoms with Crippen molar-refractivity contribution >= 4 is 44.0 Å². The van der Waals surface area contributed by atoms with E-state index in [1.165, 1.54) is 0 Å². The topological polar surface area (TPSA) is 75.4 Å². The molecule has 0 fully saturated rings. The van der Waals surface area contributed by atoms with Gasteiger partial charge in [0, 0.05) is 30.8 Å². The molecule has 8 heteroatoms. The van der Waals surface area contributed by atoms with E-state index in [0.717, 1.165) is 5.69 Å². The Bertz CT molecular complexity index is 509. The molecule has 0 saturated carbocycles. The van der Waals surface area contributed by atoms with E-state index >= 15 is 0 Å². The van der Waals surface area contributed by atoms with Gasteiger partial charge in [-0.1, -0.05) is 0 Å². The fourth-order valence-corrected chi connectivity index (χ4v) is 3.42. The number of nitrogens with two attached hydrogens (primary N) is 1. The van der Waals surface area contributed by atoms with Gasteiger partial charge < -0.3 is 10.6 Å². The van der Waals surface area contributed by atoms with Crippen LogP contribution in [0.3, 0.4) is 0 Å². The van der Waals surface area contributed by atoms with Gasteiger partial charge in [-0.05, 0) is 47.1 Å². The molecule has 0 aliphatic heterocycles. The maximum Gasteiger partial charge on any atom is 0.241 e. The Morgan fingerprint density at radius 3 is 2.53 bits per heavy atom. The average molecular weight is 373 g/mol. The van der Waals surface area contributed by atoms with E-state index in [1.807, 2.05) is 25.1 Å². The van der Waals surface area contributed by atoms with Gasteiger partial charge in [-0.2, -0.15) is 0 Å². The Kier molecular flexibility index (Phi) is 7.92. The van der Waals surface area contributed by atoms with Crippen LogP contribution < -0.4 is 15.4 Å². The zero-order chi connectivity index (χ0) is 13.8. The molecule has 1 aromatic rings. The monoisotopic (exact) mass is 371 g/mol. The summed E-state index contributed by atoms with van der Waals surface area (Å²) in [5.74, 6) is 0. The van der Waals surface area contributed by atoms with Crippen LogP contribution >= 0.6 is 28.3 Å². The molecule has 0 spiro atoms. The molecule has 0 aromatic heterocycles. The summed E-state index contributed by atoms with van der Waals surface area (Å²) in [6, 6.07) is 5.21. The number of anilines is 1. The minimum Gasteiger partial charge on any atom is -0.378 e. The van der Waals surface area contributed by atoms with E-state index < -0.39 is 10.0 Å². The van der Waals surface area contributed by atoms with Gasteiger partial charge in [0.15, 0.2) is 0 Å². The number of nitrogens with zero attached hydrogens (tertiary/aromatic N) is 1. The normalized spacial score (nSPS) is 10.9. The van der Waals surface area contributed by atoms with Gasteiger partial charge in [-0.15, -0.1) is 12.4 Å². The highest BCUT2D eigenvalue weighted by atomic mass is 79.9. The number of benzene rings is 1. The highest BCUT2D eigenvalue weighted by Gasteiger charge is 2.17. The summed E-state index contributed by atoms with van der Waals surface area (Å²) >= 11 is 3.26. The zero-order valence-corrected chi connectivity index (χ0v) is 14.1. The van der Waals surface area contributed by atoms with Crippen molar-refractivity contribution in [2.45, 2.75) is 11.3 Å². The second-order valence-electron chi connectivity index (χ2n) is 4.05. The molecule has 0 saturated heterocycles. The van der Waals surface area contributed by atoms with Crippen molar-refractivity contribution in [3.05, 3.63) is 22.7 Å². The predicted octanol–water partition coefficient (Wildman–Crippen LogP) is 1.56. The van der Waals surface area contributed by atoms with E-state index in [4.69, 9.17) is 5.73 Å². The van der Waals surface area contributed by atoms with Crippen LogP contribution in [0.2, 0.25) is 0 Å². The molecule has 0 bridgehead atoms. The largest absolute Gasteiger partial charge is 0.378 e. The molecule has 0 amide bonds. The fraction of sp³-hybridized carbons (Fsp3) is 0.455. The number of halogens is 2. The first-order valence-corrected chi connectivity index (χ1v) is 7.82. The SMILES string of the molecule is CN(C)c1ccc(Br)c(S(=O)(=O)NCCCN)c1.Cl. The lowest BCUT2D eigenvalue weighted by Crippen LogP contribution is -2.26. The van der Waals surface area contributed by atoms with Crippen LogP contribution in [0.1, 0.15) is 6.42 Å². The Morgan fingerprint density at radius 2 is 2.00 bits per heavy atom. The lowest BCUT2D eigenvalue weighted by molar-refractivity contribution is 0.579. The molecular weight excluding hydrogens is 354 g/mol. The lowest BCUT2D eigenvalue weighted by atomic mass is 10.3. The van der Waals surface area contributed by atoms with Crippen molar-refractivity contribution in [3.63, 3.8) is 0 Å². The predicted molar refractivity (Wildman–Crippen MR) is 84.6 cm³/mol. The molecule has 5 nitrogen and oxygen atoms in total. The number of hydrogen-bond donors (Lipinski definition) is 2. The summed E-state index contributed by atoms with van der Waals surface area (Å²) in [5, 5.41) is 0. The maximum absolute atomic E-state index is 12.1. The third-order valence-electron chi connectivity index (χ3n) is 2.39. The summed E-state index contributed by atoms with van der Waals surface area (Å²) in [6.07, 6.45) is 0.615. The van der Waals surface area contributed by atoms with Gasteiger partial charge in [0.25, 0.3) is 0 Å². The van der Waals surface area contributed by atoms with Crippen molar-refractivity contribution in [2.24, 2.45) is 5.73 Å². The minimum atomic E-state index is -3.50. The molecular formula is C11H19BrClN3O2S. The first-order valence-electron chi connectivity index (χ1n) is 5.55. The second kappa shape index (κ2) is 8.06. The third kappa shape index (κ3) is 5.27. The maximum atomic E-state index is 12.1. The smallest absolute Gasteiger partial charge is 0.241 e. The van der Waals surface area contributed by atoms with Crippen molar-refractivity contribution in [2.75, 3.05) is 32.1 Å². The van der Waals surface area contributed by atoms with E-state index in [9.17, 15) is 8.42 Å². The van der Waals surface area contributed by atoms with Crippen LogP contribution in [0.15, 0.2) is 27.6 Å². The molecule has 0 aliphatic carbocycles. The van der Waals surface area contributed by atoms with Gasteiger partial charge in [-0.3, -0.25) is 0 Å². The van der Waals surface area contributed by atoms with E-state index in [0.29, 0.717) is 24.0 Å². The first-order chi connectivity index (χ1) is 8.38. The van der Waals surface area contributed by atoms with Crippen molar-refractivity contribution in [1.82, 2.24) is 4.72 Å². The Labute approximate surface area is 129 Å². The molecule has 1 aromatic carbocycles. The molecule has 0 aliphatic rings. The number of rotatable bonds is 6. The summed E-state index contributed by atoms with van der Waals surface area (Å²) in [5.41, 5.74) is 6.17. The highest BCUT2D eigenvalue weighted by molar-refractivity contribution is 9.10. The molecule has 0 radical (unpaired) electrons. The van der Waals surface area contributed by atoms with Crippen LogP contribution in [-0.2, 0) is 10.0 Å². The number of nitrogens with one attached hydrogen (secondary N) is 1. The zero-order valence-electron chi connectivity index (χ0n) is 10.9. The quantitative estimate of drug-likeness (QED) is 0.743. The third-order valence-corrected chi connectivity index (χ3v) is 4.85. The number of hydrogen-bond acceptors (Lipinski definition) is 4. The molecule has 1 rings (SSSR count). The van der Waals surface area contributed by atoms with Gasteiger partial charge in [0.1, 0.15) is 0 Å². The standard InChI is InChI=1S/C11H18BrN3O2S.ClH/c1-15(2)9-4-5-10(12)11(8-9)18(16,17)14-7-3-6-13;/h4-5,8,14H,3,6-7,13H2,1-2H3;1H. The van der Waals surface area contributed by atoms with Crippen LogP contribution in [0.25, 0.3) is 0 Å². The van der Waals surface area contributed by atoms with Crippen molar-refractivity contribution in [1.29, 1.82) is 0 Å². The van der Waals surface area contributed by atoms with Gasteiger partial charge >= 0.3 is 0 Å². The minimum absolute atomic E-state index is 0. The first kappa shape index (κ1) is 18.7. The molecule has 3 N–H and O–H groups in total. The molecule has 0 unspecified atom stereocenters. The Hall–Kier alpha value is -0.340. The molecule has 110 valence electrons. The molecule has 0 heterocycles. The Morgan fingerprint density at radius 1 is 1.37 bits per heavy atom. The summed E-state index contributed by atoms with van der Waals surface area (Å²) in [6.45, 7) is 0.804. The van der Waals surface area contributed by atoms with Crippen LogP contribution in [-0.4, -0.2) is 35.6 Å². The highest BCUT2D eigenvalue weighted by Crippen LogP contribution is 2.26. The summed E-state index contributed by atoms with van der Waals surface area (Å²) < 4.78 is 27.3. The van der Waals surface area contributed by atoms with Crippen molar-refractivity contribution in [3.8, 4) is 0 Å². The van der Waals surface area contributed by atoms with Gasteiger partial charge in [0.05, 0.1) is 4.90 Å². The van der Waals surface area contributed by atoms with E-state index in [-0.39, 0.29) is 17.3 Å². The number of sulfonamides is 1. The molecule has 19 heavy (non-hydrogen) atoms. The lowest BCUT2D eigenvalue weighted by Gasteiger charge is -2.15. The van der Waals surface area contributed by atoms with Crippen molar-refractivity contribution < 1.29 is 8.42 Å². The van der Waals surface area contributed by atoms with Gasteiger partial charge in [0.2, 0.25) is 10.0 Å². The van der Waals surface area contributed by atoms with Crippen LogP contribution in [0, 0.1) is 0 Å². The summed E-state index contributed by atoms with van der Waals surface area (Å²) in [7, 11) is 0.227. The fourth-order valence-electron chi connectivity index (χ4n) is 1.36. The van der Waals surface area contributed by atoms with Gasteiger partial charge in [-0.25, -0.2) is 13.1 Å².